The Bertz CT molecular complexity index is 394. The zero-order valence-electron chi connectivity index (χ0n) is 10.00. The second-order valence-electron chi connectivity index (χ2n) is 3.63. The first-order valence-corrected chi connectivity index (χ1v) is 6.38. The van der Waals surface area contributed by atoms with Crippen molar-refractivity contribution in [3.8, 4) is 0 Å². The average molecular weight is 272 g/mol. The summed E-state index contributed by atoms with van der Waals surface area (Å²) in [5.41, 5.74) is 0. The maximum Gasteiger partial charge on any atom is 0.334 e. The molecule has 1 aromatic heterocycles. The van der Waals surface area contributed by atoms with Crippen LogP contribution in [-0.4, -0.2) is 46.3 Å². The van der Waals surface area contributed by atoms with Crippen LogP contribution in [0, 0.1) is 0 Å². The molecular formula is C11H16N2O4S. The van der Waals surface area contributed by atoms with Crippen LogP contribution in [0.15, 0.2) is 17.5 Å². The lowest BCUT2D eigenvalue weighted by atomic mass is 10.3. The molecule has 0 saturated carbocycles. The SMILES string of the molecule is CCN(Cc1cccs1)C(=O)NCC(O)C(=O)O. The molecule has 0 radical (unpaired) electrons. The molecular weight excluding hydrogens is 256 g/mol. The highest BCUT2D eigenvalue weighted by Crippen LogP contribution is 2.11. The highest BCUT2D eigenvalue weighted by Gasteiger charge is 2.17. The maximum absolute atomic E-state index is 11.7. The molecule has 0 spiro atoms. The van der Waals surface area contributed by atoms with E-state index in [9.17, 15) is 9.59 Å². The third-order valence-corrected chi connectivity index (χ3v) is 3.19. The highest BCUT2D eigenvalue weighted by molar-refractivity contribution is 7.09. The van der Waals surface area contributed by atoms with E-state index in [-0.39, 0.29) is 12.6 Å². The summed E-state index contributed by atoms with van der Waals surface area (Å²) in [7, 11) is 0. The van der Waals surface area contributed by atoms with Crippen LogP contribution < -0.4 is 5.32 Å². The standard InChI is InChI=1S/C11H16N2O4S/c1-2-13(7-8-4-3-5-18-8)11(17)12-6-9(14)10(15)16/h3-5,9,14H,2,6-7H2,1H3,(H,12,17)(H,15,16). The predicted octanol–water partition coefficient (Wildman–Crippen LogP) is 0.725. The molecule has 0 aliphatic rings. The summed E-state index contributed by atoms with van der Waals surface area (Å²) in [5.74, 6) is -1.35. The molecule has 1 atom stereocenters. The van der Waals surface area contributed by atoms with E-state index in [1.54, 1.807) is 16.2 Å². The number of urea groups is 1. The van der Waals surface area contributed by atoms with E-state index in [1.165, 1.54) is 0 Å². The minimum atomic E-state index is -1.57. The van der Waals surface area contributed by atoms with Gasteiger partial charge in [-0.2, -0.15) is 0 Å². The Hall–Kier alpha value is -1.60. The number of rotatable bonds is 6. The number of carboxylic acids is 1. The zero-order valence-corrected chi connectivity index (χ0v) is 10.8. The van der Waals surface area contributed by atoms with Crippen LogP contribution in [0.4, 0.5) is 4.79 Å². The average Bonchev–Trinajstić information content (AvgIpc) is 2.85. The fourth-order valence-electron chi connectivity index (χ4n) is 1.30. The molecule has 1 heterocycles. The van der Waals surface area contributed by atoms with Gasteiger partial charge in [-0.1, -0.05) is 6.07 Å². The minimum absolute atomic E-state index is 0.297. The summed E-state index contributed by atoms with van der Waals surface area (Å²) in [6, 6.07) is 3.44. The van der Waals surface area contributed by atoms with Gasteiger partial charge in [0.05, 0.1) is 13.1 Å². The molecule has 18 heavy (non-hydrogen) atoms. The van der Waals surface area contributed by atoms with Crippen molar-refractivity contribution in [2.24, 2.45) is 0 Å². The van der Waals surface area contributed by atoms with Crippen molar-refractivity contribution in [2.45, 2.75) is 19.6 Å². The van der Waals surface area contributed by atoms with E-state index >= 15 is 0 Å². The maximum atomic E-state index is 11.7. The number of aliphatic hydroxyl groups is 1. The summed E-state index contributed by atoms with van der Waals surface area (Å²) in [5, 5.41) is 21.9. The number of hydrogen-bond acceptors (Lipinski definition) is 4. The van der Waals surface area contributed by atoms with Crippen LogP contribution >= 0.6 is 11.3 Å². The largest absolute Gasteiger partial charge is 0.479 e. The van der Waals surface area contributed by atoms with Crippen LogP contribution in [0.1, 0.15) is 11.8 Å². The van der Waals surface area contributed by atoms with Crippen molar-refractivity contribution in [3.63, 3.8) is 0 Å². The van der Waals surface area contributed by atoms with Crippen molar-refractivity contribution < 1.29 is 19.8 Å². The first-order valence-electron chi connectivity index (χ1n) is 5.50. The van der Waals surface area contributed by atoms with Crippen LogP contribution in [0.5, 0.6) is 0 Å². The third-order valence-electron chi connectivity index (χ3n) is 2.33. The van der Waals surface area contributed by atoms with E-state index in [4.69, 9.17) is 10.2 Å². The molecule has 100 valence electrons. The number of carbonyl (C=O) groups excluding carboxylic acids is 1. The lowest BCUT2D eigenvalue weighted by molar-refractivity contribution is -0.146. The normalized spacial score (nSPS) is 11.9. The van der Waals surface area contributed by atoms with Crippen LogP contribution in [0.2, 0.25) is 0 Å². The van der Waals surface area contributed by atoms with Gasteiger partial charge < -0.3 is 20.4 Å². The topological polar surface area (TPSA) is 89.9 Å². The van der Waals surface area contributed by atoms with Gasteiger partial charge in [0.25, 0.3) is 0 Å². The quantitative estimate of drug-likeness (QED) is 0.712. The van der Waals surface area contributed by atoms with Gasteiger partial charge in [-0.25, -0.2) is 9.59 Å². The molecule has 2 amide bonds. The number of hydrogen-bond donors (Lipinski definition) is 3. The van der Waals surface area contributed by atoms with Gasteiger partial charge in [-0.15, -0.1) is 11.3 Å². The van der Waals surface area contributed by atoms with Gasteiger partial charge in [-0.05, 0) is 18.4 Å². The first-order chi connectivity index (χ1) is 8.54. The number of thiophene rings is 1. The van der Waals surface area contributed by atoms with E-state index < -0.39 is 12.1 Å². The zero-order chi connectivity index (χ0) is 13.5. The molecule has 0 aliphatic heterocycles. The third kappa shape index (κ3) is 4.34. The first kappa shape index (κ1) is 14.5. The van der Waals surface area contributed by atoms with Gasteiger partial charge in [0.2, 0.25) is 0 Å². The van der Waals surface area contributed by atoms with Gasteiger partial charge in [0.15, 0.2) is 6.10 Å². The number of amides is 2. The van der Waals surface area contributed by atoms with Gasteiger partial charge in [-0.3, -0.25) is 0 Å². The van der Waals surface area contributed by atoms with Crippen molar-refractivity contribution in [1.82, 2.24) is 10.2 Å². The van der Waals surface area contributed by atoms with Crippen molar-refractivity contribution in [3.05, 3.63) is 22.4 Å². The van der Waals surface area contributed by atoms with E-state index in [0.29, 0.717) is 13.1 Å². The number of carboxylic acid groups (broad SMARTS) is 1. The summed E-state index contributed by atoms with van der Waals surface area (Å²) >= 11 is 1.55. The highest BCUT2D eigenvalue weighted by atomic mass is 32.1. The number of carbonyl (C=O) groups is 2. The van der Waals surface area contributed by atoms with Crippen molar-refractivity contribution in [1.29, 1.82) is 0 Å². The van der Waals surface area contributed by atoms with Gasteiger partial charge in [0, 0.05) is 11.4 Å². The Kier molecular flexibility index (Phi) is 5.60. The predicted molar refractivity (Wildman–Crippen MR) is 67.4 cm³/mol. The van der Waals surface area contributed by atoms with Crippen molar-refractivity contribution >= 4 is 23.3 Å². The molecule has 1 unspecified atom stereocenters. The summed E-state index contributed by atoms with van der Waals surface area (Å²) in [4.78, 5) is 24.7. The molecule has 1 aromatic rings. The Morgan fingerprint density at radius 3 is 2.78 bits per heavy atom. The van der Waals surface area contributed by atoms with Gasteiger partial charge >= 0.3 is 12.0 Å². The second-order valence-corrected chi connectivity index (χ2v) is 4.67. The molecule has 0 saturated heterocycles. The van der Waals surface area contributed by atoms with Crippen LogP contribution in [-0.2, 0) is 11.3 Å². The van der Waals surface area contributed by atoms with E-state index in [0.717, 1.165) is 4.88 Å². The molecule has 6 nitrogen and oxygen atoms in total. The summed E-state index contributed by atoms with van der Waals surface area (Å²) in [6.45, 7) is 2.52. The van der Waals surface area contributed by atoms with Gasteiger partial charge in [0.1, 0.15) is 0 Å². The molecule has 0 fully saturated rings. The monoisotopic (exact) mass is 272 g/mol. The Morgan fingerprint density at radius 1 is 1.56 bits per heavy atom. The van der Waals surface area contributed by atoms with E-state index in [1.807, 2.05) is 24.4 Å². The number of nitrogens with one attached hydrogen (secondary N) is 1. The summed E-state index contributed by atoms with van der Waals surface area (Å²) in [6.07, 6.45) is -1.57. The van der Waals surface area contributed by atoms with E-state index in [2.05, 4.69) is 5.32 Å². The lowest BCUT2D eigenvalue weighted by Gasteiger charge is -2.21. The Morgan fingerprint density at radius 2 is 2.28 bits per heavy atom. The number of aliphatic hydroxyl groups excluding tert-OH is 1. The summed E-state index contributed by atoms with van der Waals surface area (Å²) < 4.78 is 0. The molecule has 1 rings (SSSR count). The fourth-order valence-corrected chi connectivity index (χ4v) is 2.02. The molecule has 0 aliphatic carbocycles. The molecule has 3 N–H and O–H groups in total. The second kappa shape index (κ2) is 6.97. The van der Waals surface area contributed by atoms with Crippen LogP contribution in [0.3, 0.4) is 0 Å². The Labute approximate surface area is 109 Å². The van der Waals surface area contributed by atoms with Crippen LogP contribution in [0.25, 0.3) is 0 Å². The lowest BCUT2D eigenvalue weighted by Crippen LogP contribution is -2.44. The van der Waals surface area contributed by atoms with Crippen molar-refractivity contribution in [2.75, 3.05) is 13.1 Å². The smallest absolute Gasteiger partial charge is 0.334 e. The number of aliphatic carboxylic acids is 1. The Balaban J connectivity index is 2.45. The number of nitrogens with zero attached hydrogens (tertiary/aromatic N) is 1. The molecule has 7 heteroatoms. The molecule has 0 aromatic carbocycles. The molecule has 0 bridgehead atoms. The fraction of sp³-hybridized carbons (Fsp3) is 0.455. The minimum Gasteiger partial charge on any atom is -0.479 e.